The van der Waals surface area contributed by atoms with Gasteiger partial charge in [-0.2, -0.15) is 0 Å². The zero-order valence-corrected chi connectivity index (χ0v) is 19.5. The van der Waals surface area contributed by atoms with Crippen LogP contribution in [-0.4, -0.2) is 23.1 Å². The molecular formula is C26H36N2O5. The molecule has 0 heterocycles. The first-order valence-electron chi connectivity index (χ1n) is 12.1. The number of benzene rings is 2. The van der Waals surface area contributed by atoms with Gasteiger partial charge in [-0.3, -0.25) is 20.2 Å². The molecule has 0 atom stereocenters. The second kappa shape index (κ2) is 15.9. The van der Waals surface area contributed by atoms with Crippen molar-refractivity contribution in [2.75, 3.05) is 13.2 Å². The summed E-state index contributed by atoms with van der Waals surface area (Å²) in [6, 6.07) is 14.0. The second-order valence-corrected chi connectivity index (χ2v) is 8.42. The molecule has 180 valence electrons. The van der Waals surface area contributed by atoms with E-state index in [9.17, 15) is 20.2 Å². The Balaban J connectivity index is 1.38. The molecule has 0 bridgehead atoms. The lowest BCUT2D eigenvalue weighted by Gasteiger charge is -2.06. The molecule has 2 aromatic carbocycles. The van der Waals surface area contributed by atoms with Gasteiger partial charge in [0.05, 0.1) is 9.85 Å². The van der Waals surface area contributed by atoms with Crippen LogP contribution in [0.25, 0.3) is 0 Å². The molecular weight excluding hydrogens is 420 g/mol. The molecule has 0 amide bonds. The molecule has 0 unspecified atom stereocenters. The van der Waals surface area contributed by atoms with Gasteiger partial charge in [0.15, 0.2) is 0 Å². The Morgan fingerprint density at radius 3 is 1.33 bits per heavy atom. The molecule has 0 fully saturated rings. The third-order valence-corrected chi connectivity index (χ3v) is 5.85. The third-order valence-electron chi connectivity index (χ3n) is 5.85. The standard InChI is InChI=1S/C26H36N2O5/c29-27(30)25-19-11-9-17-23(25)15-7-3-1-5-13-21-33-22-14-6-2-4-8-16-24-18-10-12-20-26(24)28(31)32/h9-12,17-20H,1-8,13-16,21-22H2. The maximum atomic E-state index is 11.0. The summed E-state index contributed by atoms with van der Waals surface area (Å²) in [5, 5.41) is 22.1. The Hall–Kier alpha value is -2.80. The summed E-state index contributed by atoms with van der Waals surface area (Å²) in [4.78, 5) is 21.5. The molecule has 2 rings (SSSR count). The Labute approximate surface area is 196 Å². The first kappa shape index (κ1) is 26.5. The Morgan fingerprint density at radius 2 is 0.909 bits per heavy atom. The molecule has 0 aliphatic carbocycles. The zero-order valence-electron chi connectivity index (χ0n) is 19.5. The fourth-order valence-corrected chi connectivity index (χ4v) is 4.00. The van der Waals surface area contributed by atoms with Crippen molar-refractivity contribution in [1.29, 1.82) is 0 Å². The van der Waals surface area contributed by atoms with E-state index in [4.69, 9.17) is 4.74 Å². The average molecular weight is 457 g/mol. The molecule has 0 radical (unpaired) electrons. The van der Waals surface area contributed by atoms with E-state index in [2.05, 4.69) is 0 Å². The molecule has 0 aliphatic rings. The highest BCUT2D eigenvalue weighted by Crippen LogP contribution is 2.21. The van der Waals surface area contributed by atoms with Crippen molar-refractivity contribution in [1.82, 2.24) is 0 Å². The minimum Gasteiger partial charge on any atom is -0.381 e. The van der Waals surface area contributed by atoms with Crippen LogP contribution in [0.5, 0.6) is 0 Å². The summed E-state index contributed by atoms with van der Waals surface area (Å²) in [6.45, 7) is 1.59. The van der Waals surface area contributed by atoms with Gasteiger partial charge in [0.1, 0.15) is 0 Å². The molecule has 33 heavy (non-hydrogen) atoms. The van der Waals surface area contributed by atoms with Crippen molar-refractivity contribution >= 4 is 11.4 Å². The van der Waals surface area contributed by atoms with Crippen molar-refractivity contribution in [3.8, 4) is 0 Å². The van der Waals surface area contributed by atoms with Crippen LogP contribution < -0.4 is 0 Å². The van der Waals surface area contributed by atoms with Crippen molar-refractivity contribution in [3.63, 3.8) is 0 Å². The second-order valence-electron chi connectivity index (χ2n) is 8.42. The van der Waals surface area contributed by atoms with E-state index in [0.29, 0.717) is 0 Å². The molecule has 0 saturated carbocycles. The number of unbranched alkanes of at least 4 members (excludes halogenated alkanes) is 8. The minimum atomic E-state index is -0.300. The van der Waals surface area contributed by atoms with Crippen molar-refractivity contribution < 1.29 is 14.6 Å². The molecule has 0 N–H and O–H groups in total. The SMILES string of the molecule is O=[N+]([O-])c1ccccc1CCCCCCCOCCCCCCCc1ccccc1[N+](=O)[O-]. The first-order valence-corrected chi connectivity index (χ1v) is 12.1. The van der Waals surface area contributed by atoms with Crippen LogP contribution in [0.1, 0.15) is 75.3 Å². The maximum Gasteiger partial charge on any atom is 0.272 e. The number of rotatable bonds is 18. The normalized spacial score (nSPS) is 10.9. The molecule has 0 spiro atoms. The quantitative estimate of drug-likeness (QED) is 0.134. The minimum absolute atomic E-state index is 0.228. The van der Waals surface area contributed by atoms with Gasteiger partial charge >= 0.3 is 0 Å². The number of ether oxygens (including phenoxy) is 1. The van der Waals surface area contributed by atoms with Crippen LogP contribution in [0.15, 0.2) is 48.5 Å². The summed E-state index contributed by atoms with van der Waals surface area (Å²) in [7, 11) is 0. The summed E-state index contributed by atoms with van der Waals surface area (Å²) in [5.41, 5.74) is 2.11. The highest BCUT2D eigenvalue weighted by molar-refractivity contribution is 5.40. The fourth-order valence-electron chi connectivity index (χ4n) is 4.00. The number of aryl methyl sites for hydroxylation is 2. The molecule has 0 saturated heterocycles. The van der Waals surface area contributed by atoms with E-state index in [1.807, 2.05) is 24.3 Å². The van der Waals surface area contributed by atoms with Gasteiger partial charge in [0.25, 0.3) is 11.4 Å². The molecule has 7 nitrogen and oxygen atoms in total. The maximum absolute atomic E-state index is 11.0. The Bertz CT molecular complexity index is 787. The highest BCUT2D eigenvalue weighted by atomic mass is 16.6. The summed E-state index contributed by atoms with van der Waals surface area (Å²) in [6.07, 6.45) is 12.3. The number of nitro benzene ring substituents is 2. The predicted octanol–water partition coefficient (Wildman–Crippen LogP) is 7.21. The zero-order chi connectivity index (χ0) is 23.7. The van der Waals surface area contributed by atoms with Crippen LogP contribution in [0.2, 0.25) is 0 Å². The number of para-hydroxylation sites is 2. The monoisotopic (exact) mass is 456 g/mol. The van der Waals surface area contributed by atoms with Crippen LogP contribution >= 0.6 is 0 Å². The van der Waals surface area contributed by atoms with E-state index in [0.717, 1.165) is 101 Å². The van der Waals surface area contributed by atoms with Gasteiger partial charge < -0.3 is 4.74 Å². The van der Waals surface area contributed by atoms with Crippen LogP contribution in [0, 0.1) is 20.2 Å². The van der Waals surface area contributed by atoms with E-state index >= 15 is 0 Å². The van der Waals surface area contributed by atoms with Gasteiger partial charge in [-0.25, -0.2) is 0 Å². The fraction of sp³-hybridized carbons (Fsp3) is 0.538. The van der Waals surface area contributed by atoms with Gasteiger partial charge in [0.2, 0.25) is 0 Å². The van der Waals surface area contributed by atoms with E-state index in [1.165, 1.54) is 0 Å². The van der Waals surface area contributed by atoms with E-state index in [1.54, 1.807) is 24.3 Å². The summed E-state index contributed by atoms with van der Waals surface area (Å²) < 4.78 is 5.72. The average Bonchev–Trinajstić information content (AvgIpc) is 2.81. The third kappa shape index (κ3) is 10.6. The summed E-state index contributed by atoms with van der Waals surface area (Å²) >= 11 is 0. The number of hydrogen-bond donors (Lipinski definition) is 0. The highest BCUT2D eigenvalue weighted by Gasteiger charge is 2.12. The lowest BCUT2D eigenvalue weighted by molar-refractivity contribution is -0.385. The lowest BCUT2D eigenvalue weighted by Crippen LogP contribution is -1.98. The van der Waals surface area contributed by atoms with Gasteiger partial charge in [-0.15, -0.1) is 0 Å². The van der Waals surface area contributed by atoms with E-state index < -0.39 is 0 Å². The smallest absolute Gasteiger partial charge is 0.272 e. The Kier molecular flexibility index (Phi) is 12.8. The number of nitrogens with zero attached hydrogens (tertiary/aromatic N) is 2. The molecule has 0 aromatic heterocycles. The van der Waals surface area contributed by atoms with Crippen LogP contribution in [-0.2, 0) is 17.6 Å². The topological polar surface area (TPSA) is 95.5 Å². The molecule has 2 aromatic rings. The lowest BCUT2D eigenvalue weighted by atomic mass is 10.0. The first-order chi connectivity index (χ1) is 16.1. The molecule has 0 aliphatic heterocycles. The summed E-state index contributed by atoms with van der Waals surface area (Å²) in [5.74, 6) is 0. The van der Waals surface area contributed by atoms with Gasteiger partial charge in [-0.05, 0) is 38.5 Å². The number of hydrogen-bond acceptors (Lipinski definition) is 5. The van der Waals surface area contributed by atoms with Crippen LogP contribution in [0.3, 0.4) is 0 Å². The molecule has 7 heteroatoms. The van der Waals surface area contributed by atoms with Crippen molar-refractivity contribution in [2.45, 2.75) is 77.0 Å². The van der Waals surface area contributed by atoms with E-state index in [-0.39, 0.29) is 21.2 Å². The van der Waals surface area contributed by atoms with Crippen LogP contribution in [0.4, 0.5) is 11.4 Å². The Morgan fingerprint density at radius 1 is 0.545 bits per heavy atom. The predicted molar refractivity (Wildman–Crippen MR) is 131 cm³/mol. The van der Waals surface area contributed by atoms with Crippen molar-refractivity contribution in [2.24, 2.45) is 0 Å². The largest absolute Gasteiger partial charge is 0.381 e. The van der Waals surface area contributed by atoms with Crippen molar-refractivity contribution in [3.05, 3.63) is 79.9 Å². The number of nitro groups is 2. The van der Waals surface area contributed by atoms with Gasteiger partial charge in [-0.1, -0.05) is 74.9 Å². The van der Waals surface area contributed by atoms with Gasteiger partial charge in [0, 0.05) is 36.5 Å².